The van der Waals surface area contributed by atoms with Crippen molar-refractivity contribution in [1.82, 2.24) is 5.32 Å². The van der Waals surface area contributed by atoms with E-state index in [1.54, 1.807) is 58.0 Å². The molecule has 1 aliphatic heterocycles. The lowest BCUT2D eigenvalue weighted by Gasteiger charge is -2.63. The first-order valence-electron chi connectivity index (χ1n) is 17.7. The Morgan fingerprint density at radius 3 is 2.22 bits per heavy atom. The van der Waals surface area contributed by atoms with Crippen LogP contribution >= 0.6 is 0 Å². The Balaban J connectivity index is 1.56. The van der Waals surface area contributed by atoms with E-state index in [1.165, 1.54) is 13.8 Å². The topological polar surface area (TPSA) is 198 Å². The average Bonchev–Trinajstić information content (AvgIpc) is 3.28. The molecule has 1 saturated heterocycles. The number of fused-ring (bicyclic) bond motifs is 4. The molecule has 4 aliphatic rings. The highest BCUT2D eigenvalue weighted by Gasteiger charge is 2.75. The van der Waals surface area contributed by atoms with E-state index in [9.17, 15) is 39.6 Å². The van der Waals surface area contributed by atoms with E-state index in [4.69, 9.17) is 18.9 Å². The van der Waals surface area contributed by atoms with E-state index in [1.807, 2.05) is 13.8 Å². The highest BCUT2D eigenvalue weighted by atomic mass is 16.6. The number of hydrogen-bond donors (Lipinski definition) is 5. The number of aliphatic hydroxyl groups excluding tert-OH is 3. The second-order valence-corrected chi connectivity index (χ2v) is 16.1. The number of ether oxygens (including phenoxy) is 4. The minimum Gasteiger partial charge on any atom is -0.456 e. The Hall–Kier alpha value is -3.36. The summed E-state index contributed by atoms with van der Waals surface area (Å²) in [5.74, 6) is -3.60. The Morgan fingerprint density at radius 1 is 1.04 bits per heavy atom. The summed E-state index contributed by atoms with van der Waals surface area (Å²) < 4.78 is 23.7. The number of hydrogen-bond acceptors (Lipinski definition) is 12. The van der Waals surface area contributed by atoms with Gasteiger partial charge in [-0.25, -0.2) is 4.79 Å². The van der Waals surface area contributed by atoms with Crippen molar-refractivity contribution in [2.24, 2.45) is 22.7 Å². The van der Waals surface area contributed by atoms with Gasteiger partial charge in [0.25, 0.3) is 5.91 Å². The Morgan fingerprint density at radius 2 is 1.69 bits per heavy atom. The maximum atomic E-state index is 13.8. The first kappa shape index (κ1) is 38.9. The van der Waals surface area contributed by atoms with Crippen LogP contribution in [0.4, 0.5) is 0 Å². The molecule has 1 amide bonds. The number of esters is 3. The molecule has 0 radical (unpaired) electrons. The van der Waals surface area contributed by atoms with Crippen molar-refractivity contribution in [3.8, 4) is 0 Å². The second kappa shape index (κ2) is 13.9. The summed E-state index contributed by atoms with van der Waals surface area (Å²) in [5, 5.41) is 50.2. The van der Waals surface area contributed by atoms with Crippen LogP contribution in [0.1, 0.15) is 91.4 Å². The molecule has 0 spiro atoms. The molecule has 3 aliphatic carbocycles. The third-order valence-electron chi connectivity index (χ3n) is 12.0. The van der Waals surface area contributed by atoms with Crippen molar-refractivity contribution in [2.75, 3.05) is 6.61 Å². The predicted octanol–water partition coefficient (Wildman–Crippen LogP) is 2.37. The van der Waals surface area contributed by atoms with Crippen molar-refractivity contribution >= 4 is 23.8 Å². The number of nitrogens with one attached hydrogen (secondary N) is 1. The van der Waals surface area contributed by atoms with Crippen molar-refractivity contribution in [3.05, 3.63) is 47.0 Å². The van der Waals surface area contributed by atoms with Crippen LogP contribution in [0.25, 0.3) is 0 Å². The minimum atomic E-state index is -1.76. The van der Waals surface area contributed by atoms with Gasteiger partial charge in [0.1, 0.15) is 18.3 Å². The second-order valence-electron chi connectivity index (χ2n) is 16.1. The SMILES string of the molecule is CC(=O)O[C@H]1C2=C(C)[C@@H](OC(=O)[C@H](O)[C@H](CC(C)C)NC(=O)c3ccccc3)C[C@@]2(C(C)(C)O)C[C@@H]2[C@]3(OC(C)=O)CO[C@@H]3C[C@H](O)[C@@]2(C)[C@H]1O. The molecular weight excluding hydrogens is 662 g/mol. The van der Waals surface area contributed by atoms with Crippen LogP contribution in [0.5, 0.6) is 0 Å². The summed E-state index contributed by atoms with van der Waals surface area (Å²) in [4.78, 5) is 52.1. The third kappa shape index (κ3) is 6.60. The van der Waals surface area contributed by atoms with Gasteiger partial charge in [-0.3, -0.25) is 14.4 Å². The summed E-state index contributed by atoms with van der Waals surface area (Å²) in [5.41, 5.74) is -4.56. The van der Waals surface area contributed by atoms with Gasteiger partial charge in [0.15, 0.2) is 17.8 Å². The first-order chi connectivity index (χ1) is 23.7. The van der Waals surface area contributed by atoms with Crippen molar-refractivity contribution in [3.63, 3.8) is 0 Å². The van der Waals surface area contributed by atoms with Crippen LogP contribution < -0.4 is 5.32 Å². The summed E-state index contributed by atoms with van der Waals surface area (Å²) in [6, 6.07) is 7.42. The zero-order chi connectivity index (χ0) is 37.8. The summed E-state index contributed by atoms with van der Waals surface area (Å²) in [6.07, 6.45) is -7.32. The zero-order valence-corrected chi connectivity index (χ0v) is 30.7. The van der Waals surface area contributed by atoms with Gasteiger partial charge >= 0.3 is 17.9 Å². The maximum absolute atomic E-state index is 13.8. The van der Waals surface area contributed by atoms with E-state index in [-0.39, 0.29) is 38.2 Å². The molecule has 1 aromatic carbocycles. The van der Waals surface area contributed by atoms with Crippen LogP contribution in [0.3, 0.4) is 0 Å². The highest BCUT2D eigenvalue weighted by Crippen LogP contribution is 2.67. The fourth-order valence-corrected chi connectivity index (χ4v) is 9.31. The van der Waals surface area contributed by atoms with Gasteiger partial charge in [0, 0.05) is 49.0 Å². The Kier molecular flexibility index (Phi) is 10.6. The van der Waals surface area contributed by atoms with Gasteiger partial charge in [-0.05, 0) is 62.8 Å². The molecule has 0 aromatic heterocycles. The number of aliphatic hydroxyl groups is 4. The van der Waals surface area contributed by atoms with E-state index in [2.05, 4.69) is 5.32 Å². The van der Waals surface area contributed by atoms with E-state index in [0.717, 1.165) is 0 Å². The molecule has 5 N–H and O–H groups in total. The van der Waals surface area contributed by atoms with Crippen molar-refractivity contribution < 1.29 is 58.6 Å². The molecule has 11 atom stereocenters. The number of benzene rings is 1. The van der Waals surface area contributed by atoms with Gasteiger partial charge in [0.2, 0.25) is 0 Å². The Labute approximate surface area is 298 Å². The molecule has 282 valence electrons. The van der Waals surface area contributed by atoms with Gasteiger partial charge in [-0.15, -0.1) is 0 Å². The molecule has 2 saturated carbocycles. The van der Waals surface area contributed by atoms with Gasteiger partial charge < -0.3 is 44.7 Å². The van der Waals surface area contributed by atoms with Crippen molar-refractivity contribution in [1.29, 1.82) is 0 Å². The molecule has 1 heterocycles. The number of amides is 1. The summed E-state index contributed by atoms with van der Waals surface area (Å²) in [6.45, 7) is 12.7. The molecule has 0 unspecified atom stereocenters. The predicted molar refractivity (Wildman–Crippen MR) is 182 cm³/mol. The average molecular weight is 716 g/mol. The smallest absolute Gasteiger partial charge is 0.337 e. The largest absolute Gasteiger partial charge is 0.456 e. The molecule has 3 fully saturated rings. The highest BCUT2D eigenvalue weighted by molar-refractivity contribution is 5.94. The molecule has 5 rings (SSSR count). The molecule has 13 heteroatoms. The molecule has 13 nitrogen and oxygen atoms in total. The van der Waals surface area contributed by atoms with Gasteiger partial charge in [-0.2, -0.15) is 0 Å². The van der Waals surface area contributed by atoms with E-state index in [0.29, 0.717) is 16.7 Å². The molecular formula is C38H53NO12. The van der Waals surface area contributed by atoms with Crippen molar-refractivity contribution in [2.45, 2.75) is 135 Å². The maximum Gasteiger partial charge on any atom is 0.337 e. The lowest BCUT2D eigenvalue weighted by Crippen LogP contribution is -2.75. The third-order valence-corrected chi connectivity index (χ3v) is 12.0. The first-order valence-corrected chi connectivity index (χ1v) is 17.7. The number of carbonyl (C=O) groups is 4. The normalized spacial score (nSPS) is 35.6. The summed E-state index contributed by atoms with van der Waals surface area (Å²) >= 11 is 0. The lowest BCUT2D eigenvalue weighted by atomic mass is 9.51. The van der Waals surface area contributed by atoms with E-state index >= 15 is 0 Å². The molecule has 1 aromatic rings. The van der Waals surface area contributed by atoms with Gasteiger partial charge in [-0.1, -0.05) is 39.0 Å². The van der Waals surface area contributed by atoms with Crippen LogP contribution in [-0.4, -0.2) is 105 Å². The minimum absolute atomic E-state index is 0.00824. The van der Waals surface area contributed by atoms with Crippen LogP contribution in [0.2, 0.25) is 0 Å². The van der Waals surface area contributed by atoms with E-state index < -0.39 is 94.4 Å². The molecule has 0 bridgehead atoms. The zero-order valence-electron chi connectivity index (χ0n) is 30.7. The number of rotatable bonds is 10. The fourth-order valence-electron chi connectivity index (χ4n) is 9.31. The van der Waals surface area contributed by atoms with Crippen LogP contribution in [-0.2, 0) is 33.3 Å². The molecule has 51 heavy (non-hydrogen) atoms. The Bertz CT molecular complexity index is 1550. The summed E-state index contributed by atoms with van der Waals surface area (Å²) in [7, 11) is 0. The number of carbonyl (C=O) groups excluding carboxylic acids is 4. The lowest BCUT2D eigenvalue weighted by molar-refractivity contribution is -0.337. The quantitative estimate of drug-likeness (QED) is 0.135. The van der Waals surface area contributed by atoms with Crippen LogP contribution in [0.15, 0.2) is 41.5 Å². The van der Waals surface area contributed by atoms with Gasteiger partial charge in [0.05, 0.1) is 24.4 Å². The monoisotopic (exact) mass is 715 g/mol. The fraction of sp³-hybridized carbons (Fsp3) is 0.684. The van der Waals surface area contributed by atoms with Crippen LogP contribution in [0, 0.1) is 22.7 Å². The standard InChI is InChI=1S/C38H53NO12/c1-19(2)14-24(39-33(45)23-12-10-9-11-13-23)30(43)34(46)50-25-16-37(35(6,7)47)17-26-36(8,32(44)31(49-21(4)40)29(37)20(25)3)27(42)15-28-38(26,18-48-28)51-22(5)41/h9-13,19,24-28,30-32,42-44,47H,14-18H2,1-8H3,(H,39,45)/t24-,25-,26-,27-,28+,30+,31-,32-,36-,37+,38+/m0/s1.